The van der Waals surface area contributed by atoms with E-state index >= 15 is 0 Å². The van der Waals surface area contributed by atoms with E-state index in [0.717, 1.165) is 5.56 Å². The summed E-state index contributed by atoms with van der Waals surface area (Å²) in [5, 5.41) is 0. The van der Waals surface area contributed by atoms with Crippen LogP contribution in [0.1, 0.15) is 5.56 Å². The Kier molecular flexibility index (Phi) is 4.11. The van der Waals surface area contributed by atoms with Crippen molar-refractivity contribution in [3.05, 3.63) is 41.2 Å². The molecule has 0 bridgehead atoms. The Morgan fingerprint density at radius 2 is 1.93 bits per heavy atom. The van der Waals surface area contributed by atoms with E-state index in [2.05, 4.69) is 4.85 Å². The number of hydrogen-bond donors (Lipinski definition) is 0. The largest absolute Gasteiger partial charge is 0.356 e. The van der Waals surface area contributed by atoms with E-state index in [1.807, 2.05) is 18.2 Å². The van der Waals surface area contributed by atoms with Gasteiger partial charge in [0, 0.05) is 20.6 Å². The smallest absolute Gasteiger partial charge is 0.190 e. The molecule has 0 amide bonds. The SMILES string of the molecule is [C-]#[N+]c1ccccc1CC(OC)OC. The van der Waals surface area contributed by atoms with E-state index in [9.17, 15) is 0 Å². The van der Waals surface area contributed by atoms with Crippen LogP contribution in [0.2, 0.25) is 0 Å². The third kappa shape index (κ3) is 2.56. The summed E-state index contributed by atoms with van der Waals surface area (Å²) < 4.78 is 10.2. The van der Waals surface area contributed by atoms with Crippen molar-refractivity contribution in [1.82, 2.24) is 0 Å². The average molecular weight is 191 g/mol. The van der Waals surface area contributed by atoms with Crippen LogP contribution in [-0.2, 0) is 15.9 Å². The average Bonchev–Trinajstić information content (AvgIpc) is 2.26. The van der Waals surface area contributed by atoms with Crippen LogP contribution in [0.15, 0.2) is 24.3 Å². The van der Waals surface area contributed by atoms with Gasteiger partial charge in [-0.15, -0.1) is 0 Å². The first-order valence-electron chi connectivity index (χ1n) is 4.32. The molecule has 74 valence electrons. The Hall–Kier alpha value is -1.37. The number of methoxy groups -OCH3 is 2. The van der Waals surface area contributed by atoms with Gasteiger partial charge in [-0.05, 0) is 5.56 Å². The lowest BCUT2D eigenvalue weighted by atomic mass is 10.1. The lowest BCUT2D eigenvalue weighted by Gasteiger charge is -2.13. The Labute approximate surface area is 84.1 Å². The molecule has 0 aliphatic heterocycles. The maximum atomic E-state index is 6.99. The predicted molar refractivity (Wildman–Crippen MR) is 54.2 cm³/mol. The van der Waals surface area contributed by atoms with E-state index in [0.29, 0.717) is 12.1 Å². The molecule has 0 saturated heterocycles. The van der Waals surface area contributed by atoms with Crippen LogP contribution in [0.25, 0.3) is 4.85 Å². The summed E-state index contributed by atoms with van der Waals surface area (Å²) in [5.74, 6) is 0. The highest BCUT2D eigenvalue weighted by Crippen LogP contribution is 2.20. The van der Waals surface area contributed by atoms with E-state index in [1.165, 1.54) is 0 Å². The maximum absolute atomic E-state index is 6.99. The molecular formula is C11H13NO2. The standard InChI is InChI=1S/C11H13NO2/c1-12-10-7-5-4-6-9(10)8-11(13-2)14-3/h4-7,11H,8H2,2-3H3. The van der Waals surface area contributed by atoms with Gasteiger partial charge in [-0.2, -0.15) is 0 Å². The molecule has 0 spiro atoms. The molecule has 0 saturated carbocycles. The van der Waals surface area contributed by atoms with Crippen LogP contribution in [0.3, 0.4) is 0 Å². The molecule has 0 fully saturated rings. The molecule has 0 aliphatic carbocycles. The zero-order valence-corrected chi connectivity index (χ0v) is 8.36. The molecule has 1 aromatic rings. The Morgan fingerprint density at radius 3 is 2.50 bits per heavy atom. The van der Waals surface area contributed by atoms with Gasteiger partial charge in [0.2, 0.25) is 0 Å². The number of rotatable bonds is 4. The molecule has 1 aromatic carbocycles. The predicted octanol–water partition coefficient (Wildman–Crippen LogP) is 2.40. The van der Waals surface area contributed by atoms with E-state index in [-0.39, 0.29) is 6.29 Å². The molecule has 0 aromatic heterocycles. The normalized spacial score (nSPS) is 10.1. The van der Waals surface area contributed by atoms with Crippen LogP contribution < -0.4 is 0 Å². The maximum Gasteiger partial charge on any atom is 0.190 e. The molecule has 0 aliphatic rings. The van der Waals surface area contributed by atoms with Crippen LogP contribution in [0.4, 0.5) is 5.69 Å². The summed E-state index contributed by atoms with van der Waals surface area (Å²) in [7, 11) is 3.18. The summed E-state index contributed by atoms with van der Waals surface area (Å²) in [5.41, 5.74) is 1.61. The number of nitrogens with zero attached hydrogens (tertiary/aromatic N) is 1. The minimum absolute atomic E-state index is 0.280. The molecule has 14 heavy (non-hydrogen) atoms. The van der Waals surface area contributed by atoms with Gasteiger partial charge in [0.15, 0.2) is 12.0 Å². The summed E-state index contributed by atoms with van der Waals surface area (Å²) in [6.07, 6.45) is 0.323. The van der Waals surface area contributed by atoms with Gasteiger partial charge in [0.05, 0.1) is 6.57 Å². The van der Waals surface area contributed by atoms with Gasteiger partial charge in [-0.1, -0.05) is 24.3 Å². The van der Waals surface area contributed by atoms with Crippen molar-refractivity contribution in [3.63, 3.8) is 0 Å². The fraction of sp³-hybridized carbons (Fsp3) is 0.364. The highest BCUT2D eigenvalue weighted by Gasteiger charge is 2.09. The van der Waals surface area contributed by atoms with Crippen molar-refractivity contribution in [3.8, 4) is 0 Å². The quantitative estimate of drug-likeness (QED) is 0.538. The Bertz CT molecular complexity index is 326. The van der Waals surface area contributed by atoms with Crippen LogP contribution >= 0.6 is 0 Å². The van der Waals surface area contributed by atoms with Crippen molar-refractivity contribution < 1.29 is 9.47 Å². The summed E-state index contributed by atoms with van der Waals surface area (Å²) in [4.78, 5) is 3.43. The zero-order valence-electron chi connectivity index (χ0n) is 8.36. The number of hydrogen-bond acceptors (Lipinski definition) is 2. The molecule has 0 heterocycles. The van der Waals surface area contributed by atoms with Crippen LogP contribution in [-0.4, -0.2) is 20.5 Å². The van der Waals surface area contributed by atoms with Gasteiger partial charge in [-0.3, -0.25) is 0 Å². The summed E-state index contributed by atoms with van der Waals surface area (Å²) >= 11 is 0. The van der Waals surface area contributed by atoms with Crippen molar-refractivity contribution in [1.29, 1.82) is 0 Å². The minimum atomic E-state index is -0.280. The van der Waals surface area contributed by atoms with E-state index in [4.69, 9.17) is 16.0 Å². The fourth-order valence-corrected chi connectivity index (χ4v) is 1.23. The molecule has 3 heteroatoms. The topological polar surface area (TPSA) is 22.8 Å². The highest BCUT2D eigenvalue weighted by molar-refractivity contribution is 5.52. The van der Waals surface area contributed by atoms with Crippen LogP contribution in [0, 0.1) is 6.57 Å². The Morgan fingerprint density at radius 1 is 1.29 bits per heavy atom. The van der Waals surface area contributed by atoms with Gasteiger partial charge < -0.3 is 9.47 Å². The number of para-hydroxylation sites is 1. The van der Waals surface area contributed by atoms with E-state index in [1.54, 1.807) is 20.3 Å². The van der Waals surface area contributed by atoms with Crippen molar-refractivity contribution >= 4 is 5.69 Å². The highest BCUT2D eigenvalue weighted by atomic mass is 16.7. The first-order valence-corrected chi connectivity index (χ1v) is 4.32. The molecule has 3 nitrogen and oxygen atoms in total. The van der Waals surface area contributed by atoms with Crippen molar-refractivity contribution in [2.24, 2.45) is 0 Å². The molecule has 0 N–H and O–H groups in total. The second-order valence-corrected chi connectivity index (χ2v) is 2.85. The molecule has 1 rings (SSSR count). The minimum Gasteiger partial charge on any atom is -0.356 e. The molecular weight excluding hydrogens is 178 g/mol. The number of benzene rings is 1. The lowest BCUT2D eigenvalue weighted by molar-refractivity contribution is -0.100. The molecule has 0 atom stereocenters. The first-order chi connectivity index (χ1) is 6.81. The lowest BCUT2D eigenvalue weighted by Crippen LogP contribution is -2.15. The van der Waals surface area contributed by atoms with Crippen molar-refractivity contribution in [2.75, 3.05) is 14.2 Å². The summed E-state index contributed by atoms with van der Waals surface area (Å²) in [6, 6.07) is 7.47. The second-order valence-electron chi connectivity index (χ2n) is 2.85. The molecule has 0 radical (unpaired) electrons. The second kappa shape index (κ2) is 5.38. The number of ether oxygens (including phenoxy) is 2. The van der Waals surface area contributed by atoms with Gasteiger partial charge in [0.25, 0.3) is 0 Å². The van der Waals surface area contributed by atoms with Crippen LogP contribution in [0.5, 0.6) is 0 Å². The monoisotopic (exact) mass is 191 g/mol. The zero-order chi connectivity index (χ0) is 10.4. The third-order valence-electron chi connectivity index (χ3n) is 2.02. The van der Waals surface area contributed by atoms with Gasteiger partial charge in [0.1, 0.15) is 0 Å². The van der Waals surface area contributed by atoms with Gasteiger partial charge in [-0.25, -0.2) is 4.85 Å². The van der Waals surface area contributed by atoms with Crippen molar-refractivity contribution in [2.45, 2.75) is 12.7 Å². The first kappa shape index (κ1) is 10.7. The van der Waals surface area contributed by atoms with Gasteiger partial charge >= 0.3 is 0 Å². The Balaban J connectivity index is 2.80. The fourth-order valence-electron chi connectivity index (χ4n) is 1.23. The molecule has 0 unspecified atom stereocenters. The summed E-state index contributed by atoms with van der Waals surface area (Å²) in [6.45, 7) is 6.99. The van der Waals surface area contributed by atoms with E-state index < -0.39 is 0 Å². The third-order valence-corrected chi connectivity index (χ3v) is 2.02.